The first-order chi connectivity index (χ1) is 10.7. The summed E-state index contributed by atoms with van der Waals surface area (Å²) in [6, 6.07) is 7.50. The average Bonchev–Trinajstić information content (AvgIpc) is 2.54. The van der Waals surface area contributed by atoms with E-state index < -0.39 is 0 Å². The molecule has 2 N–H and O–H groups in total. The highest BCUT2D eigenvalue weighted by Gasteiger charge is 2.07. The molecule has 0 amide bonds. The summed E-state index contributed by atoms with van der Waals surface area (Å²) >= 11 is 0. The van der Waals surface area contributed by atoms with Gasteiger partial charge in [0.25, 0.3) is 0 Å². The van der Waals surface area contributed by atoms with E-state index in [1.165, 1.54) is 0 Å². The second kappa shape index (κ2) is 5.80. The molecule has 0 radical (unpaired) electrons. The summed E-state index contributed by atoms with van der Waals surface area (Å²) in [6.07, 6.45) is 1.66. The van der Waals surface area contributed by atoms with E-state index in [4.69, 9.17) is 4.74 Å². The SMILES string of the molecule is CNc1ccnc(Nc2nc(C)c3ccc(OC)cc3n2)n1. The van der Waals surface area contributed by atoms with Crippen molar-refractivity contribution in [1.82, 2.24) is 19.9 Å². The molecule has 3 rings (SSSR count). The summed E-state index contributed by atoms with van der Waals surface area (Å²) in [6.45, 7) is 1.94. The Morgan fingerprint density at radius 1 is 1.05 bits per heavy atom. The number of aryl methyl sites for hydroxylation is 1. The minimum absolute atomic E-state index is 0.438. The number of rotatable bonds is 4. The Bertz CT molecular complexity index is 820. The first kappa shape index (κ1) is 14.0. The van der Waals surface area contributed by atoms with Crippen LogP contribution in [0.15, 0.2) is 30.5 Å². The summed E-state index contributed by atoms with van der Waals surface area (Å²) in [7, 11) is 3.43. The van der Waals surface area contributed by atoms with E-state index in [9.17, 15) is 0 Å². The van der Waals surface area contributed by atoms with Crippen LogP contribution in [0.5, 0.6) is 5.75 Å². The van der Waals surface area contributed by atoms with Crippen molar-refractivity contribution in [3.8, 4) is 5.75 Å². The van der Waals surface area contributed by atoms with Crippen molar-refractivity contribution >= 4 is 28.6 Å². The Kier molecular flexibility index (Phi) is 3.69. The van der Waals surface area contributed by atoms with Gasteiger partial charge in [0.2, 0.25) is 11.9 Å². The quantitative estimate of drug-likeness (QED) is 0.765. The maximum Gasteiger partial charge on any atom is 0.231 e. The largest absolute Gasteiger partial charge is 0.497 e. The predicted molar refractivity (Wildman–Crippen MR) is 85.7 cm³/mol. The number of aromatic nitrogens is 4. The molecule has 0 spiro atoms. The number of nitrogens with one attached hydrogen (secondary N) is 2. The molecule has 112 valence electrons. The number of ether oxygens (including phenoxy) is 1. The molecule has 0 aliphatic heterocycles. The van der Waals surface area contributed by atoms with E-state index in [-0.39, 0.29) is 0 Å². The van der Waals surface area contributed by atoms with Crippen molar-refractivity contribution in [2.75, 3.05) is 24.8 Å². The van der Waals surface area contributed by atoms with Gasteiger partial charge < -0.3 is 10.1 Å². The molecule has 0 unspecified atom stereocenters. The molecule has 0 saturated carbocycles. The smallest absolute Gasteiger partial charge is 0.231 e. The molecular formula is C15H16N6O. The molecule has 0 aliphatic rings. The highest BCUT2D eigenvalue weighted by Crippen LogP contribution is 2.23. The monoisotopic (exact) mass is 296 g/mol. The minimum atomic E-state index is 0.438. The number of hydrogen-bond acceptors (Lipinski definition) is 7. The molecule has 0 fully saturated rings. The Morgan fingerprint density at radius 2 is 1.91 bits per heavy atom. The zero-order valence-corrected chi connectivity index (χ0v) is 12.6. The minimum Gasteiger partial charge on any atom is -0.497 e. The Balaban J connectivity index is 1.99. The molecule has 0 aliphatic carbocycles. The van der Waals surface area contributed by atoms with Crippen LogP contribution in [0.4, 0.5) is 17.7 Å². The van der Waals surface area contributed by atoms with Crippen LogP contribution in [0.3, 0.4) is 0 Å². The van der Waals surface area contributed by atoms with Gasteiger partial charge in [-0.15, -0.1) is 0 Å². The van der Waals surface area contributed by atoms with Crippen LogP contribution in [0, 0.1) is 6.92 Å². The summed E-state index contributed by atoms with van der Waals surface area (Å²) < 4.78 is 5.24. The number of nitrogens with zero attached hydrogens (tertiary/aromatic N) is 4. The Morgan fingerprint density at radius 3 is 2.68 bits per heavy atom. The van der Waals surface area contributed by atoms with Crippen LogP contribution in [0.25, 0.3) is 10.9 Å². The number of benzene rings is 1. The maximum atomic E-state index is 5.24. The lowest BCUT2D eigenvalue weighted by Crippen LogP contribution is -2.04. The van der Waals surface area contributed by atoms with Gasteiger partial charge in [0.05, 0.1) is 18.3 Å². The first-order valence-corrected chi connectivity index (χ1v) is 6.80. The highest BCUT2D eigenvalue weighted by molar-refractivity contribution is 5.83. The topological polar surface area (TPSA) is 84.9 Å². The van der Waals surface area contributed by atoms with Gasteiger partial charge in [0, 0.05) is 24.7 Å². The molecule has 0 atom stereocenters. The number of anilines is 3. The molecule has 7 heteroatoms. The van der Waals surface area contributed by atoms with Crippen molar-refractivity contribution in [3.63, 3.8) is 0 Å². The van der Waals surface area contributed by atoms with Crippen LogP contribution in [0.2, 0.25) is 0 Å². The van der Waals surface area contributed by atoms with Gasteiger partial charge in [-0.25, -0.2) is 15.0 Å². The highest BCUT2D eigenvalue weighted by atomic mass is 16.5. The molecule has 2 heterocycles. The molecule has 22 heavy (non-hydrogen) atoms. The Hall–Kier alpha value is -2.96. The predicted octanol–water partition coefficient (Wildman–Crippen LogP) is 2.52. The second-order valence-corrected chi connectivity index (χ2v) is 4.66. The third-order valence-electron chi connectivity index (χ3n) is 3.23. The lowest BCUT2D eigenvalue weighted by molar-refractivity contribution is 0.415. The van der Waals surface area contributed by atoms with Gasteiger partial charge >= 0.3 is 0 Å². The van der Waals surface area contributed by atoms with Gasteiger partial charge in [0.1, 0.15) is 11.6 Å². The van der Waals surface area contributed by atoms with Gasteiger partial charge in [-0.2, -0.15) is 4.98 Å². The normalized spacial score (nSPS) is 10.5. The molecule has 7 nitrogen and oxygen atoms in total. The summed E-state index contributed by atoms with van der Waals surface area (Å²) in [5.74, 6) is 2.36. The lowest BCUT2D eigenvalue weighted by atomic mass is 10.2. The van der Waals surface area contributed by atoms with Crippen molar-refractivity contribution < 1.29 is 4.74 Å². The van der Waals surface area contributed by atoms with Crippen LogP contribution < -0.4 is 15.4 Å². The van der Waals surface area contributed by atoms with Gasteiger partial charge in [0.15, 0.2) is 0 Å². The van der Waals surface area contributed by atoms with Crippen molar-refractivity contribution in [2.45, 2.75) is 6.92 Å². The van der Waals surface area contributed by atoms with Gasteiger partial charge in [-0.1, -0.05) is 0 Å². The average molecular weight is 296 g/mol. The fourth-order valence-corrected chi connectivity index (χ4v) is 2.11. The zero-order chi connectivity index (χ0) is 15.5. The van der Waals surface area contributed by atoms with Crippen LogP contribution in [-0.2, 0) is 0 Å². The van der Waals surface area contributed by atoms with E-state index >= 15 is 0 Å². The molecule has 1 aromatic carbocycles. The van der Waals surface area contributed by atoms with Crippen LogP contribution in [0.1, 0.15) is 5.69 Å². The van der Waals surface area contributed by atoms with Crippen molar-refractivity contribution in [2.24, 2.45) is 0 Å². The molecule has 2 aromatic heterocycles. The fraction of sp³-hybridized carbons (Fsp3) is 0.200. The van der Waals surface area contributed by atoms with E-state index in [1.807, 2.05) is 25.1 Å². The second-order valence-electron chi connectivity index (χ2n) is 4.66. The van der Waals surface area contributed by atoms with E-state index in [0.29, 0.717) is 11.9 Å². The molecular weight excluding hydrogens is 280 g/mol. The van der Waals surface area contributed by atoms with E-state index in [1.54, 1.807) is 26.4 Å². The fourth-order valence-electron chi connectivity index (χ4n) is 2.11. The number of methoxy groups -OCH3 is 1. The summed E-state index contributed by atoms with van der Waals surface area (Å²) in [4.78, 5) is 17.4. The van der Waals surface area contributed by atoms with Crippen molar-refractivity contribution in [3.05, 3.63) is 36.2 Å². The third-order valence-corrected chi connectivity index (χ3v) is 3.23. The van der Waals surface area contributed by atoms with Gasteiger partial charge in [-0.3, -0.25) is 5.32 Å². The number of hydrogen-bond donors (Lipinski definition) is 2. The van der Waals surface area contributed by atoms with E-state index in [2.05, 4.69) is 30.6 Å². The lowest BCUT2D eigenvalue weighted by Gasteiger charge is -2.08. The number of fused-ring (bicyclic) bond motifs is 1. The summed E-state index contributed by atoms with van der Waals surface area (Å²) in [5, 5.41) is 6.97. The maximum absolute atomic E-state index is 5.24. The standard InChI is InChI=1S/C15H16N6O/c1-9-11-5-4-10(22-3)8-12(11)19-15(18-9)21-14-17-7-6-13(16-2)20-14/h4-8H,1-3H3,(H2,16,17,18,19,20,21). The molecule has 3 aromatic rings. The van der Waals surface area contributed by atoms with Gasteiger partial charge in [-0.05, 0) is 25.1 Å². The van der Waals surface area contributed by atoms with Crippen molar-refractivity contribution in [1.29, 1.82) is 0 Å². The van der Waals surface area contributed by atoms with E-state index in [0.717, 1.165) is 28.2 Å². The van der Waals surface area contributed by atoms with Crippen LogP contribution >= 0.6 is 0 Å². The Labute approximate surface area is 127 Å². The van der Waals surface area contributed by atoms with Crippen LogP contribution in [-0.4, -0.2) is 34.1 Å². The molecule has 0 bridgehead atoms. The molecule has 0 saturated heterocycles. The first-order valence-electron chi connectivity index (χ1n) is 6.80. The zero-order valence-electron chi connectivity index (χ0n) is 12.6. The third kappa shape index (κ3) is 2.73. The summed E-state index contributed by atoms with van der Waals surface area (Å²) in [5.41, 5.74) is 1.68.